The van der Waals surface area contributed by atoms with Crippen molar-refractivity contribution in [1.29, 1.82) is 0 Å². The van der Waals surface area contributed by atoms with Crippen molar-refractivity contribution in [3.8, 4) is 0 Å². The zero-order valence-electron chi connectivity index (χ0n) is 11.8. The first-order chi connectivity index (χ1) is 9.47. The summed E-state index contributed by atoms with van der Waals surface area (Å²) in [5, 5.41) is 6.22. The Labute approximate surface area is 123 Å². The zero-order valence-corrected chi connectivity index (χ0v) is 12.6. The van der Waals surface area contributed by atoms with E-state index in [1.54, 1.807) is 12.1 Å². The van der Waals surface area contributed by atoms with Crippen molar-refractivity contribution in [2.24, 2.45) is 0 Å². The predicted molar refractivity (Wildman–Crippen MR) is 79.2 cm³/mol. The normalized spacial score (nSPS) is 11.8. The molecule has 0 spiro atoms. The molecule has 1 rings (SSSR count). The van der Waals surface area contributed by atoms with Gasteiger partial charge in [-0.1, -0.05) is 18.5 Å². The SMILES string of the molecule is CCNC(C)CC(=O)Nc1cc(C(=O)OC)ccc1Cl. The van der Waals surface area contributed by atoms with Gasteiger partial charge in [0, 0.05) is 12.5 Å². The summed E-state index contributed by atoms with van der Waals surface area (Å²) in [4.78, 5) is 23.3. The maximum atomic E-state index is 11.9. The van der Waals surface area contributed by atoms with Gasteiger partial charge in [0.05, 0.1) is 23.4 Å². The number of hydrogen-bond acceptors (Lipinski definition) is 4. The van der Waals surface area contributed by atoms with E-state index < -0.39 is 5.97 Å². The number of nitrogens with one attached hydrogen (secondary N) is 2. The first kappa shape index (κ1) is 16.5. The van der Waals surface area contributed by atoms with Crippen LogP contribution in [0.3, 0.4) is 0 Å². The molecule has 0 heterocycles. The van der Waals surface area contributed by atoms with Crippen LogP contribution in [0, 0.1) is 0 Å². The molecule has 0 fully saturated rings. The molecule has 6 heteroatoms. The summed E-state index contributed by atoms with van der Waals surface area (Å²) in [7, 11) is 1.30. The lowest BCUT2D eigenvalue weighted by Crippen LogP contribution is -2.30. The van der Waals surface area contributed by atoms with E-state index in [4.69, 9.17) is 11.6 Å². The Morgan fingerprint density at radius 1 is 1.40 bits per heavy atom. The van der Waals surface area contributed by atoms with E-state index in [0.717, 1.165) is 6.54 Å². The molecule has 1 aromatic rings. The summed E-state index contributed by atoms with van der Waals surface area (Å²) >= 11 is 6.00. The van der Waals surface area contributed by atoms with Crippen molar-refractivity contribution in [2.45, 2.75) is 26.3 Å². The molecular weight excluding hydrogens is 280 g/mol. The Morgan fingerprint density at radius 2 is 2.10 bits per heavy atom. The van der Waals surface area contributed by atoms with Gasteiger partial charge in [-0.05, 0) is 31.7 Å². The van der Waals surface area contributed by atoms with Gasteiger partial charge in [0.25, 0.3) is 0 Å². The van der Waals surface area contributed by atoms with Crippen LogP contribution in [0.1, 0.15) is 30.6 Å². The third-order valence-corrected chi connectivity index (χ3v) is 3.04. The Balaban J connectivity index is 2.76. The fourth-order valence-electron chi connectivity index (χ4n) is 1.77. The molecule has 0 aliphatic heterocycles. The van der Waals surface area contributed by atoms with Crippen LogP contribution in [0.2, 0.25) is 5.02 Å². The van der Waals surface area contributed by atoms with Crippen molar-refractivity contribution in [1.82, 2.24) is 5.32 Å². The highest BCUT2D eigenvalue weighted by atomic mass is 35.5. The van der Waals surface area contributed by atoms with Crippen LogP contribution >= 0.6 is 11.6 Å². The minimum absolute atomic E-state index is 0.0718. The largest absolute Gasteiger partial charge is 0.465 e. The summed E-state index contributed by atoms with van der Waals surface area (Å²) < 4.78 is 4.63. The molecule has 0 saturated carbocycles. The second kappa shape index (κ2) is 7.87. The molecule has 0 saturated heterocycles. The quantitative estimate of drug-likeness (QED) is 0.792. The standard InChI is InChI=1S/C14H19ClN2O3/c1-4-16-9(2)7-13(18)17-12-8-10(14(19)20-3)5-6-11(12)15/h5-6,8-9,16H,4,7H2,1-3H3,(H,17,18). The summed E-state index contributed by atoms with van der Waals surface area (Å²) in [6, 6.07) is 4.68. The van der Waals surface area contributed by atoms with Gasteiger partial charge in [-0.15, -0.1) is 0 Å². The average molecular weight is 299 g/mol. The first-order valence-electron chi connectivity index (χ1n) is 6.39. The number of hydrogen-bond donors (Lipinski definition) is 2. The molecule has 1 atom stereocenters. The highest BCUT2D eigenvalue weighted by Crippen LogP contribution is 2.23. The topological polar surface area (TPSA) is 67.4 Å². The van der Waals surface area contributed by atoms with Gasteiger partial charge in [-0.3, -0.25) is 4.79 Å². The number of benzene rings is 1. The molecule has 0 aliphatic rings. The molecule has 0 bridgehead atoms. The summed E-state index contributed by atoms with van der Waals surface area (Å²) in [5.74, 6) is -0.638. The van der Waals surface area contributed by atoms with Crippen LogP contribution in [0.15, 0.2) is 18.2 Å². The third-order valence-electron chi connectivity index (χ3n) is 2.71. The molecular formula is C14H19ClN2O3. The number of rotatable bonds is 6. The lowest BCUT2D eigenvalue weighted by Gasteiger charge is -2.13. The minimum Gasteiger partial charge on any atom is -0.465 e. The van der Waals surface area contributed by atoms with E-state index in [1.807, 2.05) is 13.8 Å². The summed E-state index contributed by atoms with van der Waals surface area (Å²) in [5.41, 5.74) is 0.746. The van der Waals surface area contributed by atoms with Crippen LogP contribution in [-0.2, 0) is 9.53 Å². The number of carbonyl (C=O) groups is 2. The number of halogens is 1. The molecule has 2 N–H and O–H groups in total. The zero-order chi connectivity index (χ0) is 15.1. The van der Waals surface area contributed by atoms with Crippen LogP contribution in [-0.4, -0.2) is 31.6 Å². The second-order valence-corrected chi connectivity index (χ2v) is 4.80. The molecule has 1 aromatic carbocycles. The molecule has 20 heavy (non-hydrogen) atoms. The Morgan fingerprint density at radius 3 is 2.70 bits per heavy atom. The predicted octanol–water partition coefficient (Wildman–Crippen LogP) is 2.45. The molecule has 1 amide bonds. The monoisotopic (exact) mass is 298 g/mol. The Bertz CT molecular complexity index is 491. The van der Waals surface area contributed by atoms with Gasteiger partial charge in [-0.25, -0.2) is 4.79 Å². The number of esters is 1. The van der Waals surface area contributed by atoms with Crippen LogP contribution < -0.4 is 10.6 Å². The third kappa shape index (κ3) is 4.83. The molecule has 0 aromatic heterocycles. The second-order valence-electron chi connectivity index (χ2n) is 4.40. The maximum Gasteiger partial charge on any atom is 0.337 e. The van der Waals surface area contributed by atoms with Crippen LogP contribution in [0.5, 0.6) is 0 Å². The van der Waals surface area contributed by atoms with Crippen LogP contribution in [0.25, 0.3) is 0 Å². The Kier molecular flexibility index (Phi) is 6.48. The van der Waals surface area contributed by atoms with Crippen molar-refractivity contribution in [3.05, 3.63) is 28.8 Å². The lowest BCUT2D eigenvalue weighted by molar-refractivity contribution is -0.116. The average Bonchev–Trinajstić information content (AvgIpc) is 2.40. The summed E-state index contributed by atoms with van der Waals surface area (Å²) in [6.07, 6.45) is 0.326. The summed E-state index contributed by atoms with van der Waals surface area (Å²) in [6.45, 7) is 4.70. The lowest BCUT2D eigenvalue weighted by atomic mass is 10.2. The molecule has 110 valence electrons. The number of ether oxygens (including phenoxy) is 1. The number of methoxy groups -OCH3 is 1. The van der Waals surface area contributed by atoms with Crippen molar-refractivity contribution in [2.75, 3.05) is 19.0 Å². The first-order valence-corrected chi connectivity index (χ1v) is 6.76. The van der Waals surface area contributed by atoms with E-state index >= 15 is 0 Å². The van der Waals surface area contributed by atoms with Crippen molar-refractivity contribution < 1.29 is 14.3 Å². The fourth-order valence-corrected chi connectivity index (χ4v) is 1.93. The maximum absolute atomic E-state index is 11.9. The highest BCUT2D eigenvalue weighted by molar-refractivity contribution is 6.33. The highest BCUT2D eigenvalue weighted by Gasteiger charge is 2.13. The molecule has 1 unspecified atom stereocenters. The van der Waals surface area contributed by atoms with Gasteiger partial charge < -0.3 is 15.4 Å². The van der Waals surface area contributed by atoms with Gasteiger partial charge in [0.1, 0.15) is 0 Å². The Hall–Kier alpha value is -1.59. The van der Waals surface area contributed by atoms with Gasteiger partial charge in [0.15, 0.2) is 0 Å². The molecule has 5 nitrogen and oxygen atoms in total. The van der Waals surface area contributed by atoms with E-state index in [0.29, 0.717) is 22.7 Å². The number of anilines is 1. The molecule has 0 radical (unpaired) electrons. The molecule has 0 aliphatic carbocycles. The van der Waals surface area contributed by atoms with E-state index in [2.05, 4.69) is 15.4 Å². The van der Waals surface area contributed by atoms with Gasteiger partial charge in [0.2, 0.25) is 5.91 Å². The number of amides is 1. The van der Waals surface area contributed by atoms with Crippen LogP contribution in [0.4, 0.5) is 5.69 Å². The minimum atomic E-state index is -0.474. The van der Waals surface area contributed by atoms with E-state index in [9.17, 15) is 9.59 Å². The van der Waals surface area contributed by atoms with E-state index in [1.165, 1.54) is 13.2 Å². The van der Waals surface area contributed by atoms with Crippen molar-refractivity contribution in [3.63, 3.8) is 0 Å². The van der Waals surface area contributed by atoms with Gasteiger partial charge >= 0.3 is 5.97 Å². The smallest absolute Gasteiger partial charge is 0.337 e. The van der Waals surface area contributed by atoms with Crippen molar-refractivity contribution >= 4 is 29.2 Å². The number of carbonyl (C=O) groups excluding carboxylic acids is 2. The van der Waals surface area contributed by atoms with Gasteiger partial charge in [-0.2, -0.15) is 0 Å². The van der Waals surface area contributed by atoms with E-state index in [-0.39, 0.29) is 11.9 Å². The fraction of sp³-hybridized carbons (Fsp3) is 0.429.